The average Bonchev–Trinajstić information content (AvgIpc) is 2.92. The molecule has 1 unspecified atom stereocenters. The van der Waals surface area contributed by atoms with Crippen LogP contribution in [0.1, 0.15) is 25.8 Å². The minimum absolute atomic E-state index is 0.00822. The number of carboxylic acids is 1. The van der Waals surface area contributed by atoms with Gasteiger partial charge in [0.1, 0.15) is 0 Å². The Kier molecular flexibility index (Phi) is 4.45. The highest BCUT2D eigenvalue weighted by Gasteiger charge is 2.48. The van der Waals surface area contributed by atoms with Crippen LogP contribution in [0.5, 0.6) is 0 Å². The topological polar surface area (TPSA) is 82.5 Å². The van der Waals surface area contributed by atoms with Crippen LogP contribution in [0.2, 0.25) is 0 Å². The fraction of sp³-hybridized carbons (Fsp3) is 0.533. The van der Waals surface area contributed by atoms with Gasteiger partial charge >= 0.3 is 12.0 Å². The maximum atomic E-state index is 12.2. The lowest BCUT2D eigenvalue weighted by Crippen LogP contribution is -2.43. The Bertz CT molecular complexity index is 518. The van der Waals surface area contributed by atoms with E-state index in [-0.39, 0.29) is 18.5 Å². The number of likely N-dealkylation sites (tertiary alicyclic amines) is 1. The van der Waals surface area contributed by atoms with Gasteiger partial charge in [0.05, 0.1) is 5.41 Å². The largest absolute Gasteiger partial charge is 0.481 e. The van der Waals surface area contributed by atoms with Gasteiger partial charge in [-0.05, 0) is 24.0 Å². The number of carboxylic acid groups (broad SMARTS) is 1. The van der Waals surface area contributed by atoms with E-state index in [1.807, 2.05) is 26.0 Å². The second-order valence-corrected chi connectivity index (χ2v) is 5.81. The summed E-state index contributed by atoms with van der Waals surface area (Å²) in [7, 11) is 0. The van der Waals surface area contributed by atoms with Crippen molar-refractivity contribution >= 4 is 12.0 Å². The van der Waals surface area contributed by atoms with Crippen molar-refractivity contribution in [3.8, 4) is 0 Å². The van der Waals surface area contributed by atoms with Gasteiger partial charge in [-0.3, -0.25) is 9.78 Å². The molecule has 1 saturated heterocycles. The van der Waals surface area contributed by atoms with Crippen LogP contribution in [-0.2, 0) is 11.3 Å². The van der Waals surface area contributed by atoms with Crippen LogP contribution in [0.25, 0.3) is 0 Å². The number of amides is 2. The van der Waals surface area contributed by atoms with Crippen molar-refractivity contribution in [3.63, 3.8) is 0 Å². The summed E-state index contributed by atoms with van der Waals surface area (Å²) in [5.74, 6) is -0.828. The highest BCUT2D eigenvalue weighted by Crippen LogP contribution is 2.38. The summed E-state index contributed by atoms with van der Waals surface area (Å²) in [5.41, 5.74) is 0.0875. The molecule has 0 radical (unpaired) electrons. The monoisotopic (exact) mass is 291 g/mol. The Morgan fingerprint density at radius 1 is 1.52 bits per heavy atom. The molecular weight excluding hydrogens is 270 g/mol. The third-order valence-corrected chi connectivity index (χ3v) is 4.29. The van der Waals surface area contributed by atoms with E-state index in [1.54, 1.807) is 17.3 Å². The van der Waals surface area contributed by atoms with Crippen LogP contribution in [0.15, 0.2) is 24.5 Å². The maximum Gasteiger partial charge on any atom is 0.317 e. The van der Waals surface area contributed by atoms with E-state index in [2.05, 4.69) is 10.3 Å². The molecule has 2 amide bonds. The van der Waals surface area contributed by atoms with Crippen molar-refractivity contribution < 1.29 is 14.7 Å². The molecule has 1 aliphatic heterocycles. The highest BCUT2D eigenvalue weighted by atomic mass is 16.4. The predicted octanol–water partition coefficient (Wildman–Crippen LogP) is 1.72. The van der Waals surface area contributed by atoms with Gasteiger partial charge < -0.3 is 15.3 Å². The lowest BCUT2D eigenvalue weighted by Gasteiger charge is -2.28. The van der Waals surface area contributed by atoms with Gasteiger partial charge in [0, 0.05) is 32.0 Å². The molecule has 0 aliphatic carbocycles. The van der Waals surface area contributed by atoms with Gasteiger partial charge in [0.2, 0.25) is 0 Å². The fourth-order valence-corrected chi connectivity index (χ4v) is 2.69. The van der Waals surface area contributed by atoms with E-state index in [1.165, 1.54) is 0 Å². The average molecular weight is 291 g/mol. The third kappa shape index (κ3) is 3.15. The molecule has 1 aliphatic rings. The van der Waals surface area contributed by atoms with Crippen molar-refractivity contribution in [2.75, 3.05) is 13.1 Å². The second kappa shape index (κ2) is 6.11. The first-order valence-electron chi connectivity index (χ1n) is 7.11. The van der Waals surface area contributed by atoms with Gasteiger partial charge in [-0.25, -0.2) is 4.79 Å². The fourth-order valence-electron chi connectivity index (χ4n) is 2.69. The summed E-state index contributed by atoms with van der Waals surface area (Å²) in [6.07, 6.45) is 3.87. The summed E-state index contributed by atoms with van der Waals surface area (Å²) in [4.78, 5) is 29.3. The Balaban J connectivity index is 1.94. The number of carbonyl (C=O) groups excluding carboxylic acids is 1. The Labute approximate surface area is 124 Å². The SMILES string of the molecule is CC(C)C1(C(=O)O)CCN(C(=O)NCc2cccnc2)C1. The molecule has 0 saturated carbocycles. The van der Waals surface area contributed by atoms with Crippen LogP contribution < -0.4 is 5.32 Å². The molecule has 1 fully saturated rings. The number of nitrogens with zero attached hydrogens (tertiary/aromatic N) is 2. The summed E-state index contributed by atoms with van der Waals surface area (Å²) < 4.78 is 0. The van der Waals surface area contributed by atoms with E-state index in [9.17, 15) is 14.7 Å². The normalized spacial score (nSPS) is 21.6. The Morgan fingerprint density at radius 2 is 2.29 bits per heavy atom. The number of aliphatic carboxylic acids is 1. The number of urea groups is 1. The standard InChI is InChI=1S/C15H21N3O3/c1-11(2)15(13(19)20)5-7-18(10-15)14(21)17-9-12-4-3-6-16-8-12/h3-4,6,8,11H,5,7,9-10H2,1-2H3,(H,17,21)(H,19,20). The van der Waals surface area contributed by atoms with Crippen molar-refractivity contribution in [3.05, 3.63) is 30.1 Å². The molecule has 0 aromatic carbocycles. The summed E-state index contributed by atoms with van der Waals surface area (Å²) in [6.45, 7) is 4.92. The van der Waals surface area contributed by atoms with E-state index in [0.29, 0.717) is 19.5 Å². The predicted molar refractivity (Wildman–Crippen MR) is 77.6 cm³/mol. The van der Waals surface area contributed by atoms with Gasteiger partial charge in [0.25, 0.3) is 0 Å². The minimum atomic E-state index is -0.828. The second-order valence-electron chi connectivity index (χ2n) is 5.81. The molecule has 6 nitrogen and oxygen atoms in total. The van der Waals surface area contributed by atoms with Gasteiger partial charge in [-0.1, -0.05) is 19.9 Å². The van der Waals surface area contributed by atoms with E-state index in [0.717, 1.165) is 5.56 Å². The molecule has 1 aromatic rings. The van der Waals surface area contributed by atoms with E-state index < -0.39 is 11.4 Å². The zero-order chi connectivity index (χ0) is 15.5. The number of rotatable bonds is 4. The van der Waals surface area contributed by atoms with Gasteiger partial charge in [0.15, 0.2) is 0 Å². The molecule has 114 valence electrons. The number of nitrogens with one attached hydrogen (secondary N) is 1. The molecule has 2 N–H and O–H groups in total. The molecule has 1 aromatic heterocycles. The lowest BCUT2D eigenvalue weighted by atomic mass is 9.76. The summed E-state index contributed by atoms with van der Waals surface area (Å²) in [5, 5.41) is 12.3. The van der Waals surface area contributed by atoms with Gasteiger partial charge in [-0.2, -0.15) is 0 Å². The number of aromatic nitrogens is 1. The smallest absolute Gasteiger partial charge is 0.317 e. The maximum absolute atomic E-state index is 12.2. The van der Waals surface area contributed by atoms with Crippen molar-refractivity contribution in [1.29, 1.82) is 0 Å². The molecule has 1 atom stereocenters. The molecule has 21 heavy (non-hydrogen) atoms. The molecular formula is C15H21N3O3. The number of pyridine rings is 1. The quantitative estimate of drug-likeness (QED) is 0.885. The van der Waals surface area contributed by atoms with Crippen LogP contribution in [0.3, 0.4) is 0 Å². The molecule has 0 spiro atoms. The van der Waals surface area contributed by atoms with Crippen LogP contribution >= 0.6 is 0 Å². The molecule has 2 rings (SSSR count). The third-order valence-electron chi connectivity index (χ3n) is 4.29. The van der Waals surface area contributed by atoms with E-state index >= 15 is 0 Å². The van der Waals surface area contributed by atoms with Crippen molar-refractivity contribution in [2.24, 2.45) is 11.3 Å². The first-order chi connectivity index (χ1) is 9.95. The first-order valence-corrected chi connectivity index (χ1v) is 7.11. The highest BCUT2D eigenvalue weighted by molar-refractivity contribution is 5.80. The molecule has 6 heteroatoms. The molecule has 2 heterocycles. The first kappa shape index (κ1) is 15.3. The Morgan fingerprint density at radius 3 is 2.81 bits per heavy atom. The van der Waals surface area contributed by atoms with Crippen LogP contribution in [0, 0.1) is 11.3 Å². The zero-order valence-corrected chi connectivity index (χ0v) is 12.4. The minimum Gasteiger partial charge on any atom is -0.481 e. The molecule has 0 bridgehead atoms. The number of hydrogen-bond acceptors (Lipinski definition) is 3. The lowest BCUT2D eigenvalue weighted by molar-refractivity contribution is -0.150. The summed E-state index contributed by atoms with van der Waals surface area (Å²) >= 11 is 0. The summed E-state index contributed by atoms with van der Waals surface area (Å²) in [6, 6.07) is 3.47. The van der Waals surface area contributed by atoms with Crippen molar-refractivity contribution in [1.82, 2.24) is 15.2 Å². The zero-order valence-electron chi connectivity index (χ0n) is 12.4. The van der Waals surface area contributed by atoms with E-state index in [4.69, 9.17) is 0 Å². The van der Waals surface area contributed by atoms with Crippen LogP contribution in [0.4, 0.5) is 4.79 Å². The van der Waals surface area contributed by atoms with Crippen LogP contribution in [-0.4, -0.2) is 40.1 Å². The number of carbonyl (C=O) groups is 2. The van der Waals surface area contributed by atoms with Gasteiger partial charge in [-0.15, -0.1) is 0 Å². The Hall–Kier alpha value is -2.11. The van der Waals surface area contributed by atoms with Crippen molar-refractivity contribution in [2.45, 2.75) is 26.8 Å². The number of hydrogen-bond donors (Lipinski definition) is 2.